The van der Waals surface area contributed by atoms with E-state index in [2.05, 4.69) is 4.90 Å². The van der Waals surface area contributed by atoms with Crippen molar-refractivity contribution in [2.45, 2.75) is 43.4 Å². The summed E-state index contributed by atoms with van der Waals surface area (Å²) in [5.74, 6) is -0.437. The van der Waals surface area contributed by atoms with Crippen LogP contribution in [0.2, 0.25) is 0 Å². The number of nitrogens with zero attached hydrogens (tertiary/aromatic N) is 2. The molecule has 1 N–H and O–H groups in total. The van der Waals surface area contributed by atoms with E-state index in [1.165, 1.54) is 4.90 Å². The fourth-order valence-corrected chi connectivity index (χ4v) is 4.97. The average molecular weight is 398 g/mol. The van der Waals surface area contributed by atoms with E-state index in [0.29, 0.717) is 11.6 Å². The third kappa shape index (κ3) is 3.65. The Hall–Kier alpha value is -1.64. The van der Waals surface area contributed by atoms with Crippen molar-refractivity contribution < 1.29 is 27.8 Å². The molecule has 0 spiro atoms. The Morgan fingerprint density at radius 2 is 1.93 bits per heavy atom. The number of hydrogen-bond acceptors (Lipinski definition) is 4. The molecule has 3 aliphatic heterocycles. The molecule has 28 heavy (non-hydrogen) atoms. The smallest absolute Gasteiger partial charge is 0.395 e. The van der Waals surface area contributed by atoms with Gasteiger partial charge in [-0.05, 0) is 30.4 Å². The SMILES string of the molecule is O=C(CC(F)(F)F)N1C[C@H]2[C@@H](c3ccccc31)[C@@H](CO)N2CC1CCOCC1. The number of rotatable bonds is 4. The largest absolute Gasteiger partial charge is 0.397 e. The molecule has 1 amide bonds. The average Bonchev–Trinajstić information content (AvgIpc) is 2.65. The van der Waals surface area contributed by atoms with Crippen LogP contribution in [0.4, 0.5) is 18.9 Å². The highest BCUT2D eigenvalue weighted by atomic mass is 19.4. The molecule has 0 aromatic heterocycles. The summed E-state index contributed by atoms with van der Waals surface area (Å²) in [6.45, 7) is 2.44. The van der Waals surface area contributed by atoms with Gasteiger partial charge in [-0.25, -0.2) is 0 Å². The highest BCUT2D eigenvalue weighted by molar-refractivity contribution is 5.95. The number of benzene rings is 1. The van der Waals surface area contributed by atoms with Crippen molar-refractivity contribution >= 4 is 11.6 Å². The molecule has 1 aromatic rings. The van der Waals surface area contributed by atoms with E-state index in [-0.39, 0.29) is 31.2 Å². The summed E-state index contributed by atoms with van der Waals surface area (Å²) in [6, 6.07) is 7.02. The second-order valence-corrected chi connectivity index (χ2v) is 7.95. The molecule has 2 saturated heterocycles. The first-order valence-electron chi connectivity index (χ1n) is 9.79. The maximum atomic E-state index is 12.8. The van der Waals surface area contributed by atoms with Crippen LogP contribution in [-0.4, -0.2) is 67.1 Å². The van der Waals surface area contributed by atoms with E-state index < -0.39 is 18.5 Å². The van der Waals surface area contributed by atoms with Crippen LogP contribution < -0.4 is 4.90 Å². The maximum Gasteiger partial charge on any atom is 0.397 e. The van der Waals surface area contributed by atoms with Crippen LogP contribution in [0, 0.1) is 5.92 Å². The third-order valence-corrected chi connectivity index (χ3v) is 6.29. The van der Waals surface area contributed by atoms with Crippen LogP contribution in [0.15, 0.2) is 24.3 Å². The van der Waals surface area contributed by atoms with Crippen molar-refractivity contribution in [3.63, 3.8) is 0 Å². The van der Waals surface area contributed by atoms with Gasteiger partial charge >= 0.3 is 6.18 Å². The van der Waals surface area contributed by atoms with Gasteiger partial charge in [0, 0.05) is 50.0 Å². The van der Waals surface area contributed by atoms with Crippen molar-refractivity contribution in [1.29, 1.82) is 0 Å². The summed E-state index contributed by atoms with van der Waals surface area (Å²) in [6.07, 6.45) is -4.10. The molecule has 0 unspecified atom stereocenters. The number of alkyl halides is 3. The number of aliphatic hydroxyl groups excluding tert-OH is 1. The van der Waals surface area contributed by atoms with Gasteiger partial charge in [0.25, 0.3) is 0 Å². The topological polar surface area (TPSA) is 53.0 Å². The lowest BCUT2D eigenvalue weighted by molar-refractivity contribution is -0.152. The lowest BCUT2D eigenvalue weighted by Crippen LogP contribution is -2.70. The van der Waals surface area contributed by atoms with E-state index in [4.69, 9.17) is 4.74 Å². The minimum absolute atomic E-state index is 0.00474. The lowest BCUT2D eigenvalue weighted by Gasteiger charge is -2.60. The zero-order valence-corrected chi connectivity index (χ0v) is 15.6. The number of carbonyl (C=O) groups is 1. The molecule has 1 aromatic carbocycles. The van der Waals surface area contributed by atoms with Crippen molar-refractivity contribution in [3.8, 4) is 0 Å². The molecule has 3 heterocycles. The lowest BCUT2D eigenvalue weighted by atomic mass is 9.71. The molecular weight excluding hydrogens is 373 g/mol. The Morgan fingerprint density at radius 1 is 1.21 bits per heavy atom. The molecule has 2 fully saturated rings. The summed E-state index contributed by atoms with van der Waals surface area (Å²) in [7, 11) is 0. The molecule has 0 bridgehead atoms. The van der Waals surface area contributed by atoms with Crippen LogP contribution in [0.1, 0.15) is 30.7 Å². The van der Waals surface area contributed by atoms with Crippen LogP contribution in [-0.2, 0) is 9.53 Å². The Morgan fingerprint density at radius 3 is 2.61 bits per heavy atom. The monoisotopic (exact) mass is 398 g/mol. The molecule has 0 saturated carbocycles. The second kappa shape index (κ2) is 7.65. The van der Waals surface area contributed by atoms with Crippen LogP contribution in [0.3, 0.4) is 0 Å². The predicted molar refractivity (Wildman–Crippen MR) is 97.1 cm³/mol. The fourth-order valence-electron chi connectivity index (χ4n) is 4.97. The normalized spacial score (nSPS) is 28.4. The Labute approximate surface area is 162 Å². The molecule has 8 heteroatoms. The zero-order chi connectivity index (χ0) is 19.9. The molecule has 5 nitrogen and oxygen atoms in total. The quantitative estimate of drug-likeness (QED) is 0.847. The highest BCUT2D eigenvalue weighted by Gasteiger charge is 2.53. The summed E-state index contributed by atoms with van der Waals surface area (Å²) >= 11 is 0. The number of amides is 1. The number of hydrogen-bond donors (Lipinski definition) is 1. The first-order valence-corrected chi connectivity index (χ1v) is 9.79. The Kier molecular flexibility index (Phi) is 5.37. The Balaban J connectivity index is 1.58. The highest BCUT2D eigenvalue weighted by Crippen LogP contribution is 2.49. The van der Waals surface area contributed by atoms with Gasteiger partial charge in [0.1, 0.15) is 6.42 Å². The van der Waals surface area contributed by atoms with E-state index in [1.54, 1.807) is 12.1 Å². The number of carbonyl (C=O) groups excluding carboxylic acids is 1. The number of halogens is 3. The fraction of sp³-hybridized carbons (Fsp3) is 0.650. The first-order chi connectivity index (χ1) is 13.4. The van der Waals surface area contributed by atoms with Crippen LogP contribution in [0.5, 0.6) is 0 Å². The zero-order valence-electron chi connectivity index (χ0n) is 15.6. The molecule has 4 rings (SSSR count). The Bertz CT molecular complexity index is 721. The summed E-state index contributed by atoms with van der Waals surface area (Å²) in [5.41, 5.74) is 1.40. The minimum atomic E-state index is -4.53. The molecular formula is C20H25F3N2O3. The first kappa shape index (κ1) is 19.7. The summed E-state index contributed by atoms with van der Waals surface area (Å²) in [5, 5.41) is 9.98. The van der Waals surface area contributed by atoms with Gasteiger partial charge in [-0.3, -0.25) is 9.69 Å². The van der Waals surface area contributed by atoms with E-state index in [1.807, 2.05) is 12.1 Å². The van der Waals surface area contributed by atoms with E-state index in [0.717, 1.165) is 38.2 Å². The van der Waals surface area contributed by atoms with Gasteiger partial charge in [0.15, 0.2) is 0 Å². The van der Waals surface area contributed by atoms with Crippen molar-refractivity contribution in [2.24, 2.45) is 5.92 Å². The number of para-hydroxylation sites is 1. The number of fused-ring (bicyclic) bond motifs is 3. The number of likely N-dealkylation sites (tertiary alicyclic amines) is 1. The minimum Gasteiger partial charge on any atom is -0.395 e. The maximum absolute atomic E-state index is 12.8. The van der Waals surface area contributed by atoms with Gasteiger partial charge < -0.3 is 14.7 Å². The van der Waals surface area contributed by atoms with Crippen molar-refractivity contribution in [2.75, 3.05) is 37.8 Å². The van der Waals surface area contributed by atoms with Gasteiger partial charge in [-0.2, -0.15) is 13.2 Å². The van der Waals surface area contributed by atoms with E-state index >= 15 is 0 Å². The molecule has 154 valence electrons. The molecule has 3 atom stereocenters. The number of aliphatic hydroxyl groups is 1. The van der Waals surface area contributed by atoms with Gasteiger partial charge in [0.2, 0.25) is 5.91 Å². The summed E-state index contributed by atoms with van der Waals surface area (Å²) < 4.78 is 43.9. The number of ether oxygens (including phenoxy) is 1. The summed E-state index contributed by atoms with van der Waals surface area (Å²) in [4.78, 5) is 15.9. The molecule has 0 aliphatic carbocycles. The van der Waals surface area contributed by atoms with Crippen LogP contribution >= 0.6 is 0 Å². The van der Waals surface area contributed by atoms with Crippen molar-refractivity contribution in [3.05, 3.63) is 29.8 Å². The number of anilines is 1. The van der Waals surface area contributed by atoms with Gasteiger partial charge in [-0.15, -0.1) is 0 Å². The molecule has 3 aliphatic rings. The van der Waals surface area contributed by atoms with E-state index in [9.17, 15) is 23.1 Å². The predicted octanol–water partition coefficient (Wildman–Crippen LogP) is 2.54. The second-order valence-electron chi connectivity index (χ2n) is 7.95. The van der Waals surface area contributed by atoms with Gasteiger partial charge in [-0.1, -0.05) is 18.2 Å². The third-order valence-electron chi connectivity index (χ3n) is 6.29. The molecule has 0 radical (unpaired) electrons. The van der Waals surface area contributed by atoms with Crippen LogP contribution in [0.25, 0.3) is 0 Å². The standard InChI is InChI=1S/C20H25F3N2O3/c21-20(22,23)9-18(27)25-11-16-19(14-3-1-2-4-15(14)25)17(12-26)24(16)10-13-5-7-28-8-6-13/h1-4,13,16-17,19,26H,5-12H2/t16-,17+,19+/m0/s1. The van der Waals surface area contributed by atoms with Gasteiger partial charge in [0.05, 0.1) is 6.61 Å². The van der Waals surface area contributed by atoms with Crippen molar-refractivity contribution in [1.82, 2.24) is 4.90 Å².